The number of hydrogen-bond acceptors (Lipinski definition) is 2. The highest BCUT2D eigenvalue weighted by Crippen LogP contribution is 2.52. The van der Waals surface area contributed by atoms with Gasteiger partial charge in [-0.3, -0.25) is 4.79 Å². The van der Waals surface area contributed by atoms with Crippen molar-refractivity contribution in [1.82, 2.24) is 0 Å². The summed E-state index contributed by atoms with van der Waals surface area (Å²) in [5.74, 6) is 1.23. The smallest absolute Gasteiger partial charge is 0.139 e. The van der Waals surface area contributed by atoms with Crippen LogP contribution in [0.15, 0.2) is 0 Å². The molecular formula is C11H18O2. The maximum Gasteiger partial charge on any atom is 0.139 e. The number of hydrogen-bond donors (Lipinski definition) is 1. The van der Waals surface area contributed by atoms with Crippen molar-refractivity contribution < 1.29 is 9.90 Å². The molecule has 74 valence electrons. The number of carbonyl (C=O) groups is 1. The number of aliphatic hydroxyl groups excluding tert-OH is 1. The zero-order valence-corrected chi connectivity index (χ0v) is 8.42. The van der Waals surface area contributed by atoms with Crippen molar-refractivity contribution >= 4 is 5.78 Å². The molecule has 2 fully saturated rings. The van der Waals surface area contributed by atoms with E-state index in [0.717, 1.165) is 25.7 Å². The van der Waals surface area contributed by atoms with Gasteiger partial charge >= 0.3 is 0 Å². The number of carbonyl (C=O) groups excluding carboxylic acids is 1. The molecule has 0 unspecified atom stereocenters. The highest BCUT2D eigenvalue weighted by atomic mass is 16.3. The van der Waals surface area contributed by atoms with Gasteiger partial charge < -0.3 is 5.11 Å². The molecule has 0 bridgehead atoms. The Hall–Kier alpha value is -0.370. The van der Waals surface area contributed by atoms with E-state index >= 15 is 0 Å². The van der Waals surface area contributed by atoms with Crippen LogP contribution in [0.25, 0.3) is 0 Å². The number of aliphatic hydroxyl groups is 1. The fourth-order valence-electron chi connectivity index (χ4n) is 3.22. The van der Waals surface area contributed by atoms with Crippen LogP contribution >= 0.6 is 0 Å². The van der Waals surface area contributed by atoms with Crippen molar-refractivity contribution in [1.29, 1.82) is 0 Å². The average molecular weight is 182 g/mol. The van der Waals surface area contributed by atoms with Crippen LogP contribution in [0.1, 0.15) is 39.5 Å². The van der Waals surface area contributed by atoms with E-state index in [1.54, 1.807) is 0 Å². The molecule has 0 heterocycles. The van der Waals surface area contributed by atoms with Crippen LogP contribution in [0, 0.1) is 17.3 Å². The molecule has 2 heteroatoms. The number of ketones is 1. The molecule has 2 rings (SSSR count). The molecule has 1 N–H and O–H groups in total. The Bertz CT molecular complexity index is 236. The summed E-state index contributed by atoms with van der Waals surface area (Å²) in [4.78, 5) is 11.8. The third kappa shape index (κ3) is 1.15. The monoisotopic (exact) mass is 182 g/mol. The minimum Gasteiger partial charge on any atom is -0.393 e. The molecule has 0 aliphatic heterocycles. The second-order valence-electron chi connectivity index (χ2n) is 4.97. The van der Waals surface area contributed by atoms with E-state index in [0.29, 0.717) is 17.6 Å². The standard InChI is InChI=1S/C11H18O2/c1-7-5-9(12)6-8-3-4-10(13)11(7,8)2/h7-9,12H,3-6H2,1-2H3/t7-,8-,9+,11+/m0/s1. The lowest BCUT2D eigenvalue weighted by molar-refractivity contribution is -0.132. The molecule has 2 nitrogen and oxygen atoms in total. The Labute approximate surface area is 79.3 Å². The Morgan fingerprint density at radius 3 is 2.85 bits per heavy atom. The largest absolute Gasteiger partial charge is 0.393 e. The summed E-state index contributed by atoms with van der Waals surface area (Å²) < 4.78 is 0. The Morgan fingerprint density at radius 1 is 1.46 bits per heavy atom. The van der Waals surface area contributed by atoms with E-state index in [1.165, 1.54) is 0 Å². The summed E-state index contributed by atoms with van der Waals surface area (Å²) in [6, 6.07) is 0. The molecule has 13 heavy (non-hydrogen) atoms. The Kier molecular flexibility index (Phi) is 1.99. The second kappa shape index (κ2) is 2.81. The van der Waals surface area contributed by atoms with Gasteiger partial charge in [-0.25, -0.2) is 0 Å². The van der Waals surface area contributed by atoms with Crippen LogP contribution in [-0.2, 0) is 4.79 Å². The SMILES string of the molecule is C[C@H]1C[C@@H](O)C[C@@H]2CCC(=O)[C@@]21C. The zero-order valence-electron chi connectivity index (χ0n) is 8.42. The van der Waals surface area contributed by atoms with Crippen molar-refractivity contribution in [2.45, 2.75) is 45.6 Å². The van der Waals surface area contributed by atoms with Gasteiger partial charge in [-0.1, -0.05) is 13.8 Å². The molecule has 0 aromatic carbocycles. The van der Waals surface area contributed by atoms with Crippen LogP contribution < -0.4 is 0 Å². The number of fused-ring (bicyclic) bond motifs is 1. The molecule has 0 aromatic rings. The Morgan fingerprint density at radius 2 is 2.15 bits per heavy atom. The minimum absolute atomic E-state index is 0.112. The summed E-state index contributed by atoms with van der Waals surface area (Å²) in [7, 11) is 0. The fraction of sp³-hybridized carbons (Fsp3) is 0.909. The van der Waals surface area contributed by atoms with Crippen molar-refractivity contribution in [3.63, 3.8) is 0 Å². The predicted octanol–water partition coefficient (Wildman–Crippen LogP) is 1.76. The number of Topliss-reactive ketones (excluding diaryl/α,β-unsaturated/α-hetero) is 1. The third-order valence-corrected chi connectivity index (χ3v) is 4.37. The first-order valence-electron chi connectivity index (χ1n) is 5.26. The van der Waals surface area contributed by atoms with Gasteiger partial charge in [-0.2, -0.15) is 0 Å². The lowest BCUT2D eigenvalue weighted by Gasteiger charge is -2.42. The highest BCUT2D eigenvalue weighted by Gasteiger charge is 2.52. The van der Waals surface area contributed by atoms with Gasteiger partial charge in [-0.05, 0) is 31.1 Å². The van der Waals surface area contributed by atoms with Gasteiger partial charge in [0.15, 0.2) is 0 Å². The van der Waals surface area contributed by atoms with Crippen LogP contribution in [0.5, 0.6) is 0 Å². The lowest BCUT2D eigenvalue weighted by atomic mass is 9.62. The zero-order chi connectivity index (χ0) is 9.64. The number of rotatable bonds is 0. The Balaban J connectivity index is 2.28. The van der Waals surface area contributed by atoms with Crippen molar-refractivity contribution in [2.75, 3.05) is 0 Å². The molecule has 4 atom stereocenters. The first-order chi connectivity index (χ1) is 6.05. The molecule has 0 aromatic heterocycles. The van der Waals surface area contributed by atoms with Crippen LogP contribution in [-0.4, -0.2) is 17.0 Å². The molecule has 0 amide bonds. The van der Waals surface area contributed by atoms with Crippen molar-refractivity contribution in [3.8, 4) is 0 Å². The normalized spacial score (nSPS) is 50.7. The van der Waals surface area contributed by atoms with Gasteiger partial charge in [0, 0.05) is 11.8 Å². The quantitative estimate of drug-likeness (QED) is 0.620. The van der Waals surface area contributed by atoms with Crippen LogP contribution in [0.4, 0.5) is 0 Å². The van der Waals surface area contributed by atoms with Crippen molar-refractivity contribution in [2.24, 2.45) is 17.3 Å². The molecule has 2 aliphatic carbocycles. The summed E-state index contributed by atoms with van der Waals surface area (Å²) >= 11 is 0. The van der Waals surface area contributed by atoms with E-state index < -0.39 is 0 Å². The van der Waals surface area contributed by atoms with Gasteiger partial charge in [0.05, 0.1) is 6.10 Å². The summed E-state index contributed by atoms with van der Waals surface area (Å²) in [5, 5.41) is 9.62. The van der Waals surface area contributed by atoms with Gasteiger partial charge in [0.25, 0.3) is 0 Å². The van der Waals surface area contributed by atoms with Crippen LogP contribution in [0.3, 0.4) is 0 Å². The molecule has 0 radical (unpaired) electrons. The summed E-state index contributed by atoms with van der Waals surface area (Å²) in [6.07, 6.45) is 3.21. The van der Waals surface area contributed by atoms with Crippen molar-refractivity contribution in [3.05, 3.63) is 0 Å². The maximum atomic E-state index is 11.8. The van der Waals surface area contributed by atoms with Gasteiger partial charge in [0.1, 0.15) is 5.78 Å². The average Bonchev–Trinajstić information content (AvgIpc) is 2.33. The van der Waals surface area contributed by atoms with E-state index in [2.05, 4.69) is 13.8 Å². The molecule has 0 saturated heterocycles. The summed E-state index contributed by atoms with van der Waals surface area (Å²) in [6.45, 7) is 4.21. The van der Waals surface area contributed by atoms with Crippen LogP contribution in [0.2, 0.25) is 0 Å². The molecular weight excluding hydrogens is 164 g/mol. The van der Waals surface area contributed by atoms with Gasteiger partial charge in [-0.15, -0.1) is 0 Å². The maximum absolute atomic E-state index is 11.8. The fourth-order valence-corrected chi connectivity index (χ4v) is 3.22. The second-order valence-corrected chi connectivity index (χ2v) is 4.97. The topological polar surface area (TPSA) is 37.3 Å². The molecule has 2 saturated carbocycles. The first kappa shape index (κ1) is 9.20. The molecule has 2 aliphatic rings. The third-order valence-electron chi connectivity index (χ3n) is 4.37. The van der Waals surface area contributed by atoms with E-state index in [4.69, 9.17) is 0 Å². The minimum atomic E-state index is -0.168. The van der Waals surface area contributed by atoms with E-state index in [-0.39, 0.29) is 11.5 Å². The van der Waals surface area contributed by atoms with E-state index in [9.17, 15) is 9.90 Å². The molecule has 0 spiro atoms. The predicted molar refractivity (Wildman–Crippen MR) is 50.2 cm³/mol. The highest BCUT2D eigenvalue weighted by molar-refractivity contribution is 5.87. The summed E-state index contributed by atoms with van der Waals surface area (Å²) in [5.41, 5.74) is -0.112. The van der Waals surface area contributed by atoms with Gasteiger partial charge in [0.2, 0.25) is 0 Å². The van der Waals surface area contributed by atoms with E-state index in [1.807, 2.05) is 0 Å². The lowest BCUT2D eigenvalue weighted by Crippen LogP contribution is -2.43. The first-order valence-corrected chi connectivity index (χ1v) is 5.26.